The number of hydrogen-bond donors (Lipinski definition) is 3. The maximum Gasteiger partial charge on any atom is 0.326 e. The normalized spacial score (nSPS) is 11.6. The molecular formula is C12H13ClN2O4. The van der Waals surface area contributed by atoms with Gasteiger partial charge in [0.05, 0.1) is 12.8 Å². The molecule has 4 N–H and O–H groups in total. The number of carbonyl (C=O) groups is 3. The van der Waals surface area contributed by atoms with Gasteiger partial charge in [-0.3, -0.25) is 9.59 Å². The summed E-state index contributed by atoms with van der Waals surface area (Å²) in [5.74, 6) is -2.62. The van der Waals surface area contributed by atoms with E-state index in [0.29, 0.717) is 10.6 Å². The second kappa shape index (κ2) is 6.75. The van der Waals surface area contributed by atoms with Crippen LogP contribution in [0.2, 0.25) is 5.02 Å². The molecule has 0 heterocycles. The van der Waals surface area contributed by atoms with Crippen LogP contribution >= 0.6 is 11.6 Å². The van der Waals surface area contributed by atoms with E-state index in [1.54, 1.807) is 24.3 Å². The maximum absolute atomic E-state index is 11.7. The molecular weight excluding hydrogens is 272 g/mol. The van der Waals surface area contributed by atoms with Gasteiger partial charge in [-0.1, -0.05) is 23.7 Å². The number of carboxylic acid groups (broad SMARTS) is 1. The fourth-order valence-corrected chi connectivity index (χ4v) is 1.69. The quantitative estimate of drug-likeness (QED) is 0.699. The third kappa shape index (κ3) is 5.39. The zero-order valence-corrected chi connectivity index (χ0v) is 10.7. The lowest BCUT2D eigenvalue weighted by Gasteiger charge is -2.12. The average molecular weight is 285 g/mol. The van der Waals surface area contributed by atoms with Crippen LogP contribution < -0.4 is 11.1 Å². The van der Waals surface area contributed by atoms with Crippen LogP contribution in [-0.4, -0.2) is 28.9 Å². The number of aliphatic carboxylic acids is 1. The zero-order valence-electron chi connectivity index (χ0n) is 9.93. The SMILES string of the molecule is NC(=O)C[C@@H](NC(=O)Cc1cccc(Cl)c1)C(=O)O. The van der Waals surface area contributed by atoms with Gasteiger partial charge in [-0.15, -0.1) is 0 Å². The Balaban J connectivity index is 2.62. The van der Waals surface area contributed by atoms with E-state index in [9.17, 15) is 14.4 Å². The van der Waals surface area contributed by atoms with Gasteiger partial charge in [-0.25, -0.2) is 4.79 Å². The molecule has 19 heavy (non-hydrogen) atoms. The minimum atomic E-state index is -1.32. The molecule has 2 amide bonds. The van der Waals surface area contributed by atoms with E-state index < -0.39 is 30.2 Å². The predicted molar refractivity (Wildman–Crippen MR) is 68.5 cm³/mol. The van der Waals surface area contributed by atoms with Crippen LogP contribution in [0.15, 0.2) is 24.3 Å². The minimum Gasteiger partial charge on any atom is -0.480 e. The van der Waals surface area contributed by atoms with Gasteiger partial charge in [-0.05, 0) is 17.7 Å². The van der Waals surface area contributed by atoms with Gasteiger partial charge in [0.2, 0.25) is 11.8 Å². The van der Waals surface area contributed by atoms with E-state index in [1.165, 1.54) is 0 Å². The van der Waals surface area contributed by atoms with Crippen LogP contribution in [0.3, 0.4) is 0 Å². The first-order valence-corrected chi connectivity index (χ1v) is 5.81. The van der Waals surface area contributed by atoms with Gasteiger partial charge in [-0.2, -0.15) is 0 Å². The van der Waals surface area contributed by atoms with E-state index in [-0.39, 0.29) is 6.42 Å². The molecule has 102 valence electrons. The van der Waals surface area contributed by atoms with Crippen molar-refractivity contribution in [3.05, 3.63) is 34.9 Å². The van der Waals surface area contributed by atoms with Crippen LogP contribution in [0.25, 0.3) is 0 Å². The molecule has 1 rings (SSSR count). The molecule has 0 aliphatic heterocycles. The number of nitrogens with two attached hydrogens (primary N) is 1. The second-order valence-electron chi connectivity index (χ2n) is 3.94. The molecule has 0 saturated carbocycles. The summed E-state index contributed by atoms with van der Waals surface area (Å²) in [6.45, 7) is 0. The first kappa shape index (κ1) is 15.0. The monoisotopic (exact) mass is 284 g/mol. The summed E-state index contributed by atoms with van der Waals surface area (Å²) < 4.78 is 0. The van der Waals surface area contributed by atoms with Crippen molar-refractivity contribution in [2.75, 3.05) is 0 Å². The molecule has 0 aliphatic carbocycles. The van der Waals surface area contributed by atoms with Crippen molar-refractivity contribution in [1.29, 1.82) is 0 Å². The summed E-state index contributed by atoms with van der Waals surface area (Å²) in [4.78, 5) is 33.2. The third-order valence-electron chi connectivity index (χ3n) is 2.29. The highest BCUT2D eigenvalue weighted by atomic mass is 35.5. The Bertz CT molecular complexity index is 504. The van der Waals surface area contributed by atoms with Crippen molar-refractivity contribution in [3.8, 4) is 0 Å². The fourth-order valence-electron chi connectivity index (χ4n) is 1.48. The number of carboxylic acids is 1. The Morgan fingerprint density at radius 2 is 2.05 bits per heavy atom. The van der Waals surface area contributed by atoms with Crippen LogP contribution in [0, 0.1) is 0 Å². The smallest absolute Gasteiger partial charge is 0.326 e. The lowest BCUT2D eigenvalue weighted by molar-refractivity contribution is -0.143. The molecule has 7 heteroatoms. The Kier molecular flexibility index (Phi) is 5.32. The Hall–Kier alpha value is -2.08. The molecule has 0 fully saturated rings. The lowest BCUT2D eigenvalue weighted by Crippen LogP contribution is -2.43. The Morgan fingerprint density at radius 3 is 2.58 bits per heavy atom. The molecule has 1 aromatic carbocycles. The number of benzene rings is 1. The lowest BCUT2D eigenvalue weighted by atomic mass is 10.1. The van der Waals surface area contributed by atoms with Crippen molar-refractivity contribution in [1.82, 2.24) is 5.32 Å². The highest BCUT2D eigenvalue weighted by molar-refractivity contribution is 6.30. The number of amides is 2. The van der Waals surface area contributed by atoms with Crippen molar-refractivity contribution in [3.63, 3.8) is 0 Å². The van der Waals surface area contributed by atoms with Gasteiger partial charge in [0.25, 0.3) is 0 Å². The number of carbonyl (C=O) groups excluding carboxylic acids is 2. The van der Waals surface area contributed by atoms with E-state index in [0.717, 1.165) is 0 Å². The molecule has 1 aromatic rings. The molecule has 0 unspecified atom stereocenters. The fraction of sp³-hybridized carbons (Fsp3) is 0.250. The Morgan fingerprint density at radius 1 is 1.37 bits per heavy atom. The summed E-state index contributed by atoms with van der Waals surface area (Å²) in [5, 5.41) is 11.6. The highest BCUT2D eigenvalue weighted by Crippen LogP contribution is 2.11. The minimum absolute atomic E-state index is 0.0247. The molecule has 0 spiro atoms. The van der Waals surface area contributed by atoms with Gasteiger partial charge < -0.3 is 16.2 Å². The maximum atomic E-state index is 11.7. The molecule has 0 radical (unpaired) electrons. The predicted octanol–water partition coefficient (Wildman–Crippen LogP) is 0.327. The second-order valence-corrected chi connectivity index (χ2v) is 4.37. The summed E-state index contributed by atoms with van der Waals surface area (Å²) in [5.41, 5.74) is 5.55. The van der Waals surface area contributed by atoms with Crippen LogP contribution in [0.5, 0.6) is 0 Å². The summed E-state index contributed by atoms with van der Waals surface area (Å²) in [6, 6.07) is 5.32. The van der Waals surface area contributed by atoms with Crippen molar-refractivity contribution < 1.29 is 19.5 Å². The first-order valence-electron chi connectivity index (χ1n) is 5.43. The van der Waals surface area contributed by atoms with Gasteiger partial charge in [0.15, 0.2) is 0 Å². The van der Waals surface area contributed by atoms with E-state index in [1.807, 2.05) is 0 Å². The molecule has 0 aromatic heterocycles. The van der Waals surface area contributed by atoms with E-state index in [4.69, 9.17) is 22.4 Å². The van der Waals surface area contributed by atoms with Gasteiger partial charge in [0.1, 0.15) is 6.04 Å². The third-order valence-corrected chi connectivity index (χ3v) is 2.53. The summed E-state index contributed by atoms with van der Waals surface area (Å²) >= 11 is 5.77. The molecule has 0 saturated heterocycles. The Labute approximate surface area is 114 Å². The van der Waals surface area contributed by atoms with Crippen molar-refractivity contribution >= 4 is 29.4 Å². The van der Waals surface area contributed by atoms with E-state index >= 15 is 0 Å². The average Bonchev–Trinajstić information content (AvgIpc) is 2.27. The van der Waals surface area contributed by atoms with Crippen LogP contribution in [0.1, 0.15) is 12.0 Å². The molecule has 1 atom stereocenters. The van der Waals surface area contributed by atoms with E-state index in [2.05, 4.69) is 5.32 Å². The summed E-state index contributed by atoms with van der Waals surface area (Å²) in [6.07, 6.45) is -0.472. The van der Waals surface area contributed by atoms with Crippen molar-refractivity contribution in [2.45, 2.75) is 18.9 Å². The number of primary amides is 1. The number of hydrogen-bond acceptors (Lipinski definition) is 3. The number of nitrogens with one attached hydrogen (secondary N) is 1. The van der Waals surface area contributed by atoms with Crippen LogP contribution in [-0.2, 0) is 20.8 Å². The van der Waals surface area contributed by atoms with Gasteiger partial charge >= 0.3 is 5.97 Å². The standard InChI is InChI=1S/C12H13ClN2O4/c13-8-3-1-2-7(4-8)5-11(17)15-9(12(18)19)6-10(14)16/h1-4,9H,5-6H2,(H2,14,16)(H,15,17)(H,18,19)/t9-/m1/s1. The van der Waals surface area contributed by atoms with Gasteiger partial charge in [0, 0.05) is 5.02 Å². The highest BCUT2D eigenvalue weighted by Gasteiger charge is 2.21. The topological polar surface area (TPSA) is 109 Å². The van der Waals surface area contributed by atoms with Crippen molar-refractivity contribution in [2.24, 2.45) is 5.73 Å². The molecule has 0 bridgehead atoms. The molecule has 6 nitrogen and oxygen atoms in total. The molecule has 0 aliphatic rings. The van der Waals surface area contributed by atoms with Crippen LogP contribution in [0.4, 0.5) is 0 Å². The number of halogens is 1. The summed E-state index contributed by atoms with van der Waals surface area (Å²) in [7, 11) is 0. The zero-order chi connectivity index (χ0) is 14.4. The number of rotatable bonds is 6. The largest absolute Gasteiger partial charge is 0.480 e. The first-order chi connectivity index (χ1) is 8.88.